The fraction of sp³-hybridized carbons (Fsp3) is 0.857. The Labute approximate surface area is 132 Å². The summed E-state index contributed by atoms with van der Waals surface area (Å²) in [5.74, 6) is -0.970. The summed E-state index contributed by atoms with van der Waals surface area (Å²) >= 11 is 8.27. The van der Waals surface area contributed by atoms with Crippen LogP contribution in [0.3, 0.4) is 0 Å². The van der Waals surface area contributed by atoms with E-state index in [1.54, 1.807) is 0 Å². The van der Waals surface area contributed by atoms with Gasteiger partial charge in [-0.05, 0) is 43.6 Å². The number of aliphatic carboxylic acids is 2. The van der Waals surface area contributed by atoms with Crippen LogP contribution < -0.4 is 10.2 Å². The average molecular weight is 320 g/mol. The summed E-state index contributed by atoms with van der Waals surface area (Å²) in [7, 11) is 0. The molecule has 118 valence electrons. The number of rotatable bonds is 13. The van der Waals surface area contributed by atoms with Crippen LogP contribution in [0, 0.1) is 5.41 Å². The lowest BCUT2D eigenvalue weighted by Crippen LogP contribution is -2.43. The van der Waals surface area contributed by atoms with Gasteiger partial charge in [0.1, 0.15) is 0 Å². The monoisotopic (exact) mass is 320 g/mol. The maximum atomic E-state index is 11.4. The fourth-order valence-electron chi connectivity index (χ4n) is 2.37. The van der Waals surface area contributed by atoms with Crippen molar-refractivity contribution in [3.05, 3.63) is 0 Å². The molecule has 0 saturated carbocycles. The highest BCUT2D eigenvalue weighted by Crippen LogP contribution is 2.33. The van der Waals surface area contributed by atoms with E-state index < -0.39 is 17.4 Å². The Balaban J connectivity index is 4.01. The third kappa shape index (κ3) is 8.04. The Morgan fingerprint density at radius 3 is 1.75 bits per heavy atom. The molecule has 0 aliphatic rings. The van der Waals surface area contributed by atoms with E-state index in [0.717, 1.165) is 25.7 Å². The van der Waals surface area contributed by atoms with Gasteiger partial charge in [-0.3, -0.25) is 0 Å². The van der Waals surface area contributed by atoms with E-state index in [9.17, 15) is 19.8 Å². The van der Waals surface area contributed by atoms with Gasteiger partial charge < -0.3 is 19.8 Å². The topological polar surface area (TPSA) is 80.3 Å². The zero-order valence-corrected chi connectivity index (χ0v) is 13.6. The lowest BCUT2D eigenvalue weighted by atomic mass is 9.77. The number of carbonyl (C=O) groups excluding carboxylic acids is 2. The van der Waals surface area contributed by atoms with Crippen molar-refractivity contribution in [2.45, 2.75) is 57.8 Å². The minimum Gasteiger partial charge on any atom is -0.550 e. The van der Waals surface area contributed by atoms with Gasteiger partial charge in [-0.15, -0.1) is 0 Å². The smallest absolute Gasteiger partial charge is 0.0476 e. The number of unbranched alkanes of at least 4 members (excludes halogenated alkanes) is 4. The number of hydrogen-bond acceptors (Lipinski definition) is 6. The number of carbonyl (C=O) groups is 2. The molecule has 6 heteroatoms. The summed E-state index contributed by atoms with van der Waals surface area (Å²) in [5, 5.41) is 21.6. The van der Waals surface area contributed by atoms with Crippen molar-refractivity contribution in [1.29, 1.82) is 0 Å². The van der Waals surface area contributed by atoms with Crippen molar-refractivity contribution in [2.24, 2.45) is 5.41 Å². The molecular formula is C14H24O4S2-2. The van der Waals surface area contributed by atoms with Crippen molar-refractivity contribution in [3.63, 3.8) is 0 Å². The van der Waals surface area contributed by atoms with Gasteiger partial charge in [0.15, 0.2) is 0 Å². The van der Waals surface area contributed by atoms with Gasteiger partial charge in [-0.25, -0.2) is 0 Å². The predicted molar refractivity (Wildman–Crippen MR) is 81.7 cm³/mol. The summed E-state index contributed by atoms with van der Waals surface area (Å²) in [6, 6.07) is 0. The fourth-order valence-corrected chi connectivity index (χ4v) is 3.23. The van der Waals surface area contributed by atoms with E-state index in [-0.39, 0.29) is 6.42 Å². The molecule has 0 unspecified atom stereocenters. The molecule has 0 aromatic heterocycles. The van der Waals surface area contributed by atoms with Crippen LogP contribution >= 0.6 is 25.3 Å². The van der Waals surface area contributed by atoms with Crippen molar-refractivity contribution in [3.8, 4) is 0 Å². The second-order valence-electron chi connectivity index (χ2n) is 5.15. The molecule has 4 nitrogen and oxygen atoms in total. The van der Waals surface area contributed by atoms with E-state index in [4.69, 9.17) is 0 Å². The first-order valence-electron chi connectivity index (χ1n) is 7.11. The molecule has 0 radical (unpaired) electrons. The van der Waals surface area contributed by atoms with Crippen molar-refractivity contribution < 1.29 is 19.8 Å². The molecule has 0 aromatic rings. The second kappa shape index (κ2) is 11.3. The largest absolute Gasteiger partial charge is 0.550 e. The lowest BCUT2D eigenvalue weighted by molar-refractivity contribution is -0.320. The maximum absolute atomic E-state index is 11.4. The summed E-state index contributed by atoms with van der Waals surface area (Å²) in [6.07, 6.45) is 5.78. The van der Waals surface area contributed by atoms with Crippen molar-refractivity contribution >= 4 is 37.2 Å². The van der Waals surface area contributed by atoms with Crippen LogP contribution in [0.4, 0.5) is 0 Å². The number of thiol groups is 2. The van der Waals surface area contributed by atoms with Gasteiger partial charge in [0.2, 0.25) is 0 Å². The Morgan fingerprint density at radius 2 is 1.30 bits per heavy atom. The van der Waals surface area contributed by atoms with Crippen molar-refractivity contribution in [2.75, 3.05) is 11.5 Å². The van der Waals surface area contributed by atoms with Crippen LogP contribution in [0.5, 0.6) is 0 Å². The summed E-state index contributed by atoms with van der Waals surface area (Å²) in [6.45, 7) is 0. The van der Waals surface area contributed by atoms with E-state index in [2.05, 4.69) is 25.3 Å². The van der Waals surface area contributed by atoms with Gasteiger partial charge in [-0.2, -0.15) is 25.3 Å². The first-order valence-corrected chi connectivity index (χ1v) is 8.38. The highest BCUT2D eigenvalue weighted by molar-refractivity contribution is 7.80. The second-order valence-corrected chi connectivity index (χ2v) is 6.05. The van der Waals surface area contributed by atoms with Crippen LogP contribution in [0.15, 0.2) is 0 Å². The molecule has 0 rings (SSSR count). The highest BCUT2D eigenvalue weighted by Gasteiger charge is 2.29. The van der Waals surface area contributed by atoms with Crippen molar-refractivity contribution in [1.82, 2.24) is 0 Å². The van der Waals surface area contributed by atoms with Gasteiger partial charge in [0, 0.05) is 17.4 Å². The Hall–Kier alpha value is -0.360. The average Bonchev–Trinajstić information content (AvgIpc) is 2.37. The summed E-state index contributed by atoms with van der Waals surface area (Å²) < 4.78 is 0. The number of carboxylic acids is 2. The molecule has 0 atom stereocenters. The normalized spacial score (nSPS) is 11.5. The third-order valence-electron chi connectivity index (χ3n) is 3.65. The van der Waals surface area contributed by atoms with Crippen LogP contribution in [0.25, 0.3) is 0 Å². The van der Waals surface area contributed by atoms with E-state index >= 15 is 0 Å². The quantitative estimate of drug-likeness (QED) is 0.389. The lowest BCUT2D eigenvalue weighted by Gasteiger charge is -2.34. The molecule has 0 aliphatic heterocycles. The first-order chi connectivity index (χ1) is 9.48. The summed E-state index contributed by atoms with van der Waals surface area (Å²) in [4.78, 5) is 21.6. The molecule has 20 heavy (non-hydrogen) atoms. The molecule has 0 bridgehead atoms. The molecular weight excluding hydrogens is 296 g/mol. The minimum absolute atomic E-state index is 0.0995. The molecule has 0 N–H and O–H groups in total. The van der Waals surface area contributed by atoms with E-state index in [0.29, 0.717) is 37.2 Å². The van der Waals surface area contributed by atoms with Gasteiger partial charge in [-0.1, -0.05) is 25.7 Å². The van der Waals surface area contributed by atoms with Crippen LogP contribution in [-0.2, 0) is 9.59 Å². The zero-order valence-electron chi connectivity index (χ0n) is 11.8. The Morgan fingerprint density at radius 1 is 0.800 bits per heavy atom. The van der Waals surface area contributed by atoms with E-state index in [1.165, 1.54) is 0 Å². The first kappa shape index (κ1) is 19.6. The summed E-state index contributed by atoms with van der Waals surface area (Å²) in [5.41, 5.74) is -0.811. The minimum atomic E-state index is -1.01. The third-order valence-corrected chi connectivity index (χ3v) is 4.10. The molecule has 0 aromatic carbocycles. The Bertz CT molecular complexity index is 289. The standard InChI is InChI=1S/C14H26O4S2/c15-12(16)6-4-2-1-3-5-7-14(8-10-19,9-11-20)13(17)18/h19-20H,1-11H2,(H,15,16)(H,17,18)/p-2. The highest BCUT2D eigenvalue weighted by atomic mass is 32.1. The number of hydrogen-bond donors (Lipinski definition) is 2. The van der Waals surface area contributed by atoms with Gasteiger partial charge in [0.05, 0.1) is 0 Å². The molecule has 0 amide bonds. The van der Waals surface area contributed by atoms with E-state index in [1.807, 2.05) is 0 Å². The molecule has 0 fully saturated rings. The maximum Gasteiger partial charge on any atom is 0.0476 e. The van der Waals surface area contributed by atoms with Crippen LogP contribution in [0.2, 0.25) is 0 Å². The van der Waals surface area contributed by atoms with Gasteiger partial charge >= 0.3 is 0 Å². The Kier molecular flexibility index (Phi) is 11.1. The number of carboxylic acid groups (broad SMARTS) is 2. The zero-order chi connectivity index (χ0) is 15.4. The van der Waals surface area contributed by atoms with Gasteiger partial charge in [0.25, 0.3) is 0 Å². The molecule has 0 heterocycles. The molecule has 0 spiro atoms. The molecule has 0 aliphatic carbocycles. The van der Waals surface area contributed by atoms with Crippen LogP contribution in [-0.4, -0.2) is 23.4 Å². The van der Waals surface area contributed by atoms with Crippen LogP contribution in [0.1, 0.15) is 57.8 Å². The SMILES string of the molecule is O=C([O-])CCCCCCCC(CCS)(CCS)C(=O)[O-]. The molecule has 0 saturated heterocycles. The predicted octanol–water partition coefficient (Wildman–Crippen LogP) is 0.843.